The lowest BCUT2D eigenvalue weighted by Crippen LogP contribution is -2.99. The third kappa shape index (κ3) is 3.47. The minimum absolute atomic E-state index is 0.142. The maximum absolute atomic E-state index is 12.7. The van der Waals surface area contributed by atoms with Gasteiger partial charge < -0.3 is 5.21 Å². The number of carbonyl (C=O) groups excluding carboxylic acids is 1. The van der Waals surface area contributed by atoms with E-state index >= 15 is 0 Å². The Bertz CT molecular complexity index is 645. The smallest absolute Gasteiger partial charge is 0.186 e. The van der Waals surface area contributed by atoms with Crippen LogP contribution < -0.4 is 5.23 Å². The van der Waals surface area contributed by atoms with Crippen molar-refractivity contribution in [2.24, 2.45) is 0 Å². The first-order chi connectivity index (χ1) is 10.6. The molecule has 1 atom stereocenters. The molecule has 1 unspecified atom stereocenters. The standard InChI is InChI=1S/C16H17NO3S2/c18-15-12(4-2-6-14(15)16-21-7-8-22-16)9-11-3-1-5-13(10-11)17(19)20/h1,3,5,9-10,17,19H,2,4,6-8H2. The molecule has 1 saturated carbocycles. The molecule has 0 aromatic heterocycles. The van der Waals surface area contributed by atoms with Crippen molar-refractivity contribution in [3.05, 3.63) is 50.4 Å². The number of ketones is 1. The highest BCUT2D eigenvalue weighted by Crippen LogP contribution is 2.42. The summed E-state index contributed by atoms with van der Waals surface area (Å²) < 4.78 is 1.19. The Hall–Kier alpha value is -1.05. The van der Waals surface area contributed by atoms with Gasteiger partial charge in [-0.25, -0.2) is 5.21 Å². The summed E-state index contributed by atoms with van der Waals surface area (Å²) >= 11 is 3.57. The van der Waals surface area contributed by atoms with E-state index in [1.807, 2.05) is 12.1 Å². The molecule has 1 aromatic rings. The summed E-state index contributed by atoms with van der Waals surface area (Å²) in [6.07, 6.45) is 4.46. The molecule has 6 heteroatoms. The van der Waals surface area contributed by atoms with E-state index in [0.717, 1.165) is 47.5 Å². The maximum Gasteiger partial charge on any atom is 0.186 e. The SMILES string of the molecule is O=C1C(=Cc2cccc([NH+]([O-])O)c2)CCCC1=C1SCCS1. The van der Waals surface area contributed by atoms with Gasteiger partial charge in [0.1, 0.15) is 0 Å². The summed E-state index contributed by atoms with van der Waals surface area (Å²) in [4.78, 5) is 12.7. The van der Waals surface area contributed by atoms with Crippen molar-refractivity contribution < 1.29 is 15.2 Å². The van der Waals surface area contributed by atoms with Crippen LogP contribution in [-0.4, -0.2) is 22.5 Å². The molecule has 0 radical (unpaired) electrons. The maximum atomic E-state index is 12.7. The van der Waals surface area contributed by atoms with Crippen molar-refractivity contribution in [2.75, 3.05) is 11.5 Å². The van der Waals surface area contributed by atoms with Gasteiger partial charge in [-0.05, 0) is 30.9 Å². The van der Waals surface area contributed by atoms with E-state index < -0.39 is 5.23 Å². The van der Waals surface area contributed by atoms with Crippen molar-refractivity contribution in [2.45, 2.75) is 19.3 Å². The Morgan fingerprint density at radius 1 is 1.23 bits per heavy atom. The number of quaternary nitrogens is 1. The lowest BCUT2D eigenvalue weighted by Gasteiger charge is -2.18. The van der Waals surface area contributed by atoms with Crippen LogP contribution in [0.15, 0.2) is 39.6 Å². The molecule has 22 heavy (non-hydrogen) atoms. The average Bonchev–Trinajstić information content (AvgIpc) is 3.04. The Morgan fingerprint density at radius 3 is 2.73 bits per heavy atom. The number of benzene rings is 1. The summed E-state index contributed by atoms with van der Waals surface area (Å²) in [5.41, 5.74) is 2.78. The summed E-state index contributed by atoms with van der Waals surface area (Å²) in [6.45, 7) is 0. The van der Waals surface area contributed by atoms with E-state index in [-0.39, 0.29) is 11.5 Å². The van der Waals surface area contributed by atoms with E-state index in [1.54, 1.807) is 41.7 Å². The molecule has 2 fully saturated rings. The first-order valence-electron chi connectivity index (χ1n) is 7.22. The Kier molecular flexibility index (Phi) is 5.05. The van der Waals surface area contributed by atoms with E-state index in [2.05, 4.69) is 0 Å². The predicted molar refractivity (Wildman–Crippen MR) is 91.0 cm³/mol. The van der Waals surface area contributed by atoms with Gasteiger partial charge in [0.05, 0.1) is 0 Å². The molecule has 0 bridgehead atoms. The van der Waals surface area contributed by atoms with Crippen LogP contribution in [0.2, 0.25) is 0 Å². The number of hydrogen-bond acceptors (Lipinski definition) is 5. The zero-order chi connectivity index (χ0) is 15.5. The molecular formula is C16H17NO3S2. The highest BCUT2D eigenvalue weighted by molar-refractivity contribution is 8.25. The first-order valence-corrected chi connectivity index (χ1v) is 9.19. The van der Waals surface area contributed by atoms with Gasteiger partial charge in [0.25, 0.3) is 0 Å². The van der Waals surface area contributed by atoms with Crippen LogP contribution >= 0.6 is 23.5 Å². The normalized spacial score (nSPS) is 22.5. The van der Waals surface area contributed by atoms with Crippen molar-refractivity contribution in [3.63, 3.8) is 0 Å². The van der Waals surface area contributed by atoms with Crippen molar-refractivity contribution in [3.8, 4) is 0 Å². The molecule has 0 spiro atoms. The number of rotatable bonds is 2. The topological polar surface area (TPSA) is 64.8 Å². The summed E-state index contributed by atoms with van der Waals surface area (Å²) in [7, 11) is 0. The molecule has 1 saturated heterocycles. The number of allylic oxidation sites excluding steroid dienone is 2. The zero-order valence-electron chi connectivity index (χ0n) is 12.0. The van der Waals surface area contributed by atoms with E-state index in [0.29, 0.717) is 0 Å². The van der Waals surface area contributed by atoms with Crippen LogP contribution in [0.3, 0.4) is 0 Å². The van der Waals surface area contributed by atoms with Crippen molar-refractivity contribution in [1.82, 2.24) is 0 Å². The second-order valence-corrected chi connectivity index (χ2v) is 7.71. The Balaban J connectivity index is 1.89. The van der Waals surface area contributed by atoms with E-state index in [4.69, 9.17) is 5.21 Å². The monoisotopic (exact) mass is 335 g/mol. The lowest BCUT2D eigenvalue weighted by molar-refractivity contribution is -0.991. The Labute approximate surface area is 137 Å². The highest BCUT2D eigenvalue weighted by Gasteiger charge is 2.25. The van der Waals surface area contributed by atoms with Gasteiger partial charge in [-0.1, -0.05) is 12.1 Å². The number of nitrogens with one attached hydrogen (secondary N) is 1. The van der Waals surface area contributed by atoms with Gasteiger partial charge in [0.2, 0.25) is 0 Å². The van der Waals surface area contributed by atoms with Crippen LogP contribution in [0.4, 0.5) is 5.69 Å². The summed E-state index contributed by atoms with van der Waals surface area (Å²) in [6, 6.07) is 6.73. The highest BCUT2D eigenvalue weighted by atomic mass is 32.2. The molecule has 4 nitrogen and oxygen atoms in total. The van der Waals surface area contributed by atoms with Crippen LogP contribution in [-0.2, 0) is 4.79 Å². The quantitative estimate of drug-likeness (QED) is 0.643. The van der Waals surface area contributed by atoms with Gasteiger partial charge in [-0.15, -0.1) is 23.5 Å². The third-order valence-corrected chi connectivity index (χ3v) is 6.51. The molecule has 1 aliphatic heterocycles. The number of Topliss-reactive ketones (excluding diaryl/α,β-unsaturated/α-hetero) is 1. The Morgan fingerprint density at radius 2 is 2.00 bits per heavy atom. The van der Waals surface area contributed by atoms with Crippen LogP contribution in [0.5, 0.6) is 0 Å². The van der Waals surface area contributed by atoms with Crippen LogP contribution in [0, 0.1) is 5.21 Å². The summed E-state index contributed by atoms with van der Waals surface area (Å²) in [5.74, 6) is 2.30. The number of thioether (sulfide) groups is 2. The molecule has 0 amide bonds. The molecule has 2 N–H and O–H groups in total. The van der Waals surface area contributed by atoms with Gasteiger partial charge >= 0.3 is 0 Å². The number of carbonyl (C=O) groups is 1. The largest absolute Gasteiger partial charge is 0.595 e. The van der Waals surface area contributed by atoms with Gasteiger partial charge in [-0.3, -0.25) is 4.79 Å². The lowest BCUT2D eigenvalue weighted by atomic mass is 9.88. The van der Waals surface area contributed by atoms with Crippen LogP contribution in [0.25, 0.3) is 6.08 Å². The second-order valence-electron chi connectivity index (χ2n) is 5.25. The number of hydrogen-bond donors (Lipinski definition) is 2. The molecule has 1 heterocycles. The molecule has 1 aliphatic carbocycles. The molecular weight excluding hydrogens is 318 g/mol. The molecule has 1 aromatic carbocycles. The van der Waals surface area contributed by atoms with Gasteiger partial charge in [0.15, 0.2) is 11.5 Å². The fourth-order valence-electron chi connectivity index (χ4n) is 2.66. The predicted octanol–water partition coefficient (Wildman–Crippen LogP) is 2.92. The van der Waals surface area contributed by atoms with E-state index in [1.165, 1.54) is 4.24 Å². The molecule has 2 aliphatic rings. The van der Waals surface area contributed by atoms with Gasteiger partial charge in [0, 0.05) is 39.0 Å². The molecule has 116 valence electrons. The average molecular weight is 335 g/mol. The minimum atomic E-state index is -0.947. The fourth-order valence-corrected chi connectivity index (χ4v) is 5.27. The fraction of sp³-hybridized carbons (Fsp3) is 0.312. The minimum Gasteiger partial charge on any atom is -0.595 e. The van der Waals surface area contributed by atoms with Crippen LogP contribution in [0.1, 0.15) is 24.8 Å². The molecule has 3 rings (SSSR count). The second kappa shape index (κ2) is 7.02. The van der Waals surface area contributed by atoms with Crippen molar-refractivity contribution in [1.29, 1.82) is 0 Å². The van der Waals surface area contributed by atoms with Crippen molar-refractivity contribution >= 4 is 41.1 Å². The van der Waals surface area contributed by atoms with E-state index in [9.17, 15) is 10.0 Å². The third-order valence-electron chi connectivity index (χ3n) is 3.71. The first kappa shape index (κ1) is 15.8. The van der Waals surface area contributed by atoms with Gasteiger partial charge in [-0.2, -0.15) is 5.23 Å². The zero-order valence-corrected chi connectivity index (χ0v) is 13.6. The summed E-state index contributed by atoms with van der Waals surface area (Å²) in [5, 5.41) is 19.1.